The van der Waals surface area contributed by atoms with Crippen molar-refractivity contribution in [3.63, 3.8) is 0 Å². The summed E-state index contributed by atoms with van der Waals surface area (Å²) in [7, 11) is 0. The Morgan fingerprint density at radius 2 is 2.25 bits per heavy atom. The van der Waals surface area contributed by atoms with Gasteiger partial charge >= 0.3 is 0 Å². The molecule has 0 amide bonds. The summed E-state index contributed by atoms with van der Waals surface area (Å²) < 4.78 is 5.76. The highest BCUT2D eigenvalue weighted by molar-refractivity contribution is 6.30. The summed E-state index contributed by atoms with van der Waals surface area (Å²) in [5.41, 5.74) is 6.42. The minimum atomic E-state index is 0.00515. The van der Waals surface area contributed by atoms with Gasteiger partial charge in [-0.2, -0.15) is 5.26 Å². The molecule has 1 saturated carbocycles. The lowest BCUT2D eigenvalue weighted by Gasteiger charge is -2.18. The first kappa shape index (κ1) is 11.3. The van der Waals surface area contributed by atoms with Gasteiger partial charge in [-0.1, -0.05) is 11.6 Å². The Morgan fingerprint density at radius 1 is 1.44 bits per heavy atom. The smallest absolute Gasteiger partial charge is 0.139 e. The molecule has 0 aromatic heterocycles. The maximum absolute atomic E-state index is 8.94. The van der Waals surface area contributed by atoms with Crippen molar-refractivity contribution >= 4 is 11.6 Å². The molecule has 2 atom stereocenters. The third-order valence-electron chi connectivity index (χ3n) is 2.85. The van der Waals surface area contributed by atoms with Crippen LogP contribution in [0.15, 0.2) is 18.2 Å². The number of ether oxygens (including phenoxy) is 1. The molecule has 0 saturated heterocycles. The van der Waals surface area contributed by atoms with E-state index in [-0.39, 0.29) is 12.1 Å². The molecule has 2 unspecified atom stereocenters. The van der Waals surface area contributed by atoms with E-state index >= 15 is 0 Å². The Morgan fingerprint density at radius 3 is 2.88 bits per heavy atom. The first-order chi connectivity index (χ1) is 7.70. The molecule has 0 bridgehead atoms. The van der Waals surface area contributed by atoms with Crippen molar-refractivity contribution in [2.24, 2.45) is 5.73 Å². The van der Waals surface area contributed by atoms with Gasteiger partial charge in [0.05, 0.1) is 5.56 Å². The van der Waals surface area contributed by atoms with E-state index in [4.69, 9.17) is 27.3 Å². The minimum Gasteiger partial charge on any atom is -0.487 e. The average molecular weight is 237 g/mol. The van der Waals surface area contributed by atoms with Crippen molar-refractivity contribution in [1.82, 2.24) is 0 Å². The molecular formula is C12H13ClN2O. The van der Waals surface area contributed by atoms with Crippen molar-refractivity contribution in [2.45, 2.75) is 31.4 Å². The quantitative estimate of drug-likeness (QED) is 0.858. The molecule has 1 fully saturated rings. The number of rotatable bonds is 2. The Labute approximate surface area is 99.8 Å². The fourth-order valence-corrected chi connectivity index (χ4v) is 2.11. The molecule has 0 aliphatic heterocycles. The normalized spacial score (nSPS) is 24.1. The van der Waals surface area contributed by atoms with Crippen LogP contribution in [-0.2, 0) is 0 Å². The van der Waals surface area contributed by atoms with E-state index in [1.165, 1.54) is 0 Å². The van der Waals surface area contributed by atoms with Gasteiger partial charge in [0.15, 0.2) is 0 Å². The van der Waals surface area contributed by atoms with Gasteiger partial charge in [-0.15, -0.1) is 0 Å². The van der Waals surface area contributed by atoms with Crippen molar-refractivity contribution in [2.75, 3.05) is 0 Å². The first-order valence-corrected chi connectivity index (χ1v) is 5.70. The summed E-state index contributed by atoms with van der Waals surface area (Å²) in [6.07, 6.45) is 3.01. The molecule has 0 heterocycles. The number of nitrogens with zero attached hydrogens (tertiary/aromatic N) is 1. The standard InChI is InChI=1S/C12H13ClN2O/c13-9-5-4-8(7-14)12(6-9)16-11-3-1-2-10(11)15/h4-6,10-11H,1-3,15H2. The average Bonchev–Trinajstić information content (AvgIpc) is 2.65. The predicted octanol–water partition coefficient (Wildman–Crippen LogP) is 2.47. The zero-order valence-corrected chi connectivity index (χ0v) is 9.57. The molecule has 0 spiro atoms. The fourth-order valence-electron chi connectivity index (χ4n) is 1.95. The van der Waals surface area contributed by atoms with E-state index in [2.05, 4.69) is 6.07 Å². The number of halogens is 1. The van der Waals surface area contributed by atoms with Crippen LogP contribution in [0.4, 0.5) is 0 Å². The summed E-state index contributed by atoms with van der Waals surface area (Å²) >= 11 is 5.87. The molecular weight excluding hydrogens is 224 g/mol. The van der Waals surface area contributed by atoms with E-state index in [9.17, 15) is 0 Å². The van der Waals surface area contributed by atoms with Crippen LogP contribution in [0.25, 0.3) is 0 Å². The Bertz CT molecular complexity index is 428. The molecule has 16 heavy (non-hydrogen) atoms. The van der Waals surface area contributed by atoms with Crippen LogP contribution in [0.1, 0.15) is 24.8 Å². The van der Waals surface area contributed by atoms with Gasteiger partial charge in [-0.3, -0.25) is 0 Å². The summed E-state index contributed by atoms with van der Waals surface area (Å²) in [4.78, 5) is 0. The monoisotopic (exact) mass is 236 g/mol. The predicted molar refractivity (Wildman–Crippen MR) is 62.4 cm³/mol. The molecule has 1 aliphatic rings. The van der Waals surface area contributed by atoms with Crippen LogP contribution >= 0.6 is 11.6 Å². The van der Waals surface area contributed by atoms with Crippen molar-refractivity contribution in [3.05, 3.63) is 28.8 Å². The number of nitrogens with two attached hydrogens (primary N) is 1. The van der Waals surface area contributed by atoms with Crippen LogP contribution in [0.2, 0.25) is 5.02 Å². The number of hydrogen-bond donors (Lipinski definition) is 1. The van der Waals surface area contributed by atoms with Gasteiger partial charge in [0.2, 0.25) is 0 Å². The maximum atomic E-state index is 8.94. The summed E-state index contributed by atoms with van der Waals surface area (Å²) in [5, 5.41) is 9.51. The number of nitriles is 1. The molecule has 3 nitrogen and oxygen atoms in total. The van der Waals surface area contributed by atoms with Gasteiger partial charge in [-0.25, -0.2) is 0 Å². The lowest BCUT2D eigenvalue weighted by molar-refractivity contribution is 0.191. The summed E-state index contributed by atoms with van der Waals surface area (Å²) in [6.45, 7) is 0. The van der Waals surface area contributed by atoms with Gasteiger partial charge in [0.1, 0.15) is 17.9 Å². The van der Waals surface area contributed by atoms with Crippen molar-refractivity contribution in [1.29, 1.82) is 5.26 Å². The second-order valence-electron chi connectivity index (χ2n) is 4.00. The van der Waals surface area contributed by atoms with Gasteiger partial charge in [-0.05, 0) is 31.4 Å². The second-order valence-corrected chi connectivity index (χ2v) is 4.44. The van der Waals surface area contributed by atoms with Gasteiger partial charge in [0.25, 0.3) is 0 Å². The third kappa shape index (κ3) is 2.29. The molecule has 2 N–H and O–H groups in total. The van der Waals surface area contributed by atoms with E-state index in [0.717, 1.165) is 19.3 Å². The number of benzene rings is 1. The van der Waals surface area contributed by atoms with Crippen LogP contribution in [0.3, 0.4) is 0 Å². The largest absolute Gasteiger partial charge is 0.487 e. The van der Waals surface area contributed by atoms with E-state index < -0.39 is 0 Å². The highest BCUT2D eigenvalue weighted by Gasteiger charge is 2.26. The molecule has 0 radical (unpaired) electrons. The van der Waals surface area contributed by atoms with Crippen LogP contribution < -0.4 is 10.5 Å². The summed E-state index contributed by atoms with van der Waals surface area (Å²) in [5.74, 6) is 0.539. The van der Waals surface area contributed by atoms with E-state index in [1.54, 1.807) is 18.2 Å². The van der Waals surface area contributed by atoms with Crippen LogP contribution in [-0.4, -0.2) is 12.1 Å². The zero-order valence-electron chi connectivity index (χ0n) is 8.82. The molecule has 1 aromatic rings. The van der Waals surface area contributed by atoms with Crippen molar-refractivity contribution < 1.29 is 4.74 Å². The highest BCUT2D eigenvalue weighted by Crippen LogP contribution is 2.28. The zero-order chi connectivity index (χ0) is 11.5. The minimum absolute atomic E-state index is 0.00515. The SMILES string of the molecule is N#Cc1ccc(Cl)cc1OC1CCCC1N. The summed E-state index contributed by atoms with van der Waals surface area (Å²) in [6, 6.07) is 7.17. The maximum Gasteiger partial charge on any atom is 0.139 e. The fraction of sp³-hybridized carbons (Fsp3) is 0.417. The van der Waals surface area contributed by atoms with E-state index in [1.807, 2.05) is 0 Å². The molecule has 1 aromatic carbocycles. The Hall–Kier alpha value is -1.24. The first-order valence-electron chi connectivity index (χ1n) is 5.32. The van der Waals surface area contributed by atoms with Crippen LogP contribution in [0, 0.1) is 11.3 Å². The third-order valence-corrected chi connectivity index (χ3v) is 3.08. The van der Waals surface area contributed by atoms with Crippen molar-refractivity contribution in [3.8, 4) is 11.8 Å². The Kier molecular flexibility index (Phi) is 3.33. The van der Waals surface area contributed by atoms with Crippen LogP contribution in [0.5, 0.6) is 5.75 Å². The van der Waals surface area contributed by atoms with Gasteiger partial charge < -0.3 is 10.5 Å². The molecule has 4 heteroatoms. The highest BCUT2D eigenvalue weighted by atomic mass is 35.5. The molecule has 1 aliphatic carbocycles. The lowest BCUT2D eigenvalue weighted by atomic mass is 10.2. The lowest BCUT2D eigenvalue weighted by Crippen LogP contribution is -2.33. The number of hydrogen-bond acceptors (Lipinski definition) is 3. The van der Waals surface area contributed by atoms with Gasteiger partial charge in [0, 0.05) is 17.1 Å². The molecule has 84 valence electrons. The Balaban J connectivity index is 2.20. The molecule has 2 rings (SSSR count). The topological polar surface area (TPSA) is 59.0 Å². The van der Waals surface area contributed by atoms with E-state index in [0.29, 0.717) is 16.3 Å². The second kappa shape index (κ2) is 4.73.